The minimum Gasteiger partial charge on any atom is -0.336 e. The number of hydrogen-bond acceptors (Lipinski definition) is 3. The van der Waals surface area contributed by atoms with Gasteiger partial charge in [-0.25, -0.2) is 0 Å². The molecule has 3 atom stereocenters. The lowest BCUT2D eigenvalue weighted by Gasteiger charge is -2.44. The second-order valence-electron chi connectivity index (χ2n) is 7.74. The van der Waals surface area contributed by atoms with Gasteiger partial charge in [-0.1, -0.05) is 18.2 Å². The molecule has 3 rings (SSSR count). The fourth-order valence-corrected chi connectivity index (χ4v) is 4.30. The van der Waals surface area contributed by atoms with Crippen molar-refractivity contribution in [3.63, 3.8) is 0 Å². The SMILES string of the molecule is C[C@H](C(=O)N1[C@H](C)CCC[C@@H]1C)N1CCN(C(=O)c2ccccc2)CC1. The van der Waals surface area contributed by atoms with Gasteiger partial charge in [-0.3, -0.25) is 14.5 Å². The molecule has 142 valence electrons. The Morgan fingerprint density at radius 1 is 0.962 bits per heavy atom. The van der Waals surface area contributed by atoms with Crippen LogP contribution >= 0.6 is 0 Å². The topological polar surface area (TPSA) is 43.9 Å². The molecule has 2 amide bonds. The fraction of sp³-hybridized carbons (Fsp3) is 0.619. The first-order chi connectivity index (χ1) is 12.5. The summed E-state index contributed by atoms with van der Waals surface area (Å²) in [5, 5.41) is 0. The first kappa shape index (κ1) is 18.9. The molecule has 0 spiro atoms. The molecule has 0 radical (unpaired) electrons. The molecular weight excluding hydrogens is 326 g/mol. The van der Waals surface area contributed by atoms with E-state index in [2.05, 4.69) is 23.6 Å². The zero-order valence-electron chi connectivity index (χ0n) is 16.2. The Balaban J connectivity index is 1.57. The fourth-order valence-electron chi connectivity index (χ4n) is 4.30. The summed E-state index contributed by atoms with van der Waals surface area (Å²) in [6.07, 6.45) is 3.41. The molecule has 1 aromatic rings. The van der Waals surface area contributed by atoms with Crippen LogP contribution < -0.4 is 0 Å². The molecule has 0 unspecified atom stereocenters. The van der Waals surface area contributed by atoms with Crippen LogP contribution in [0, 0.1) is 0 Å². The Kier molecular flexibility index (Phi) is 5.97. The Labute approximate surface area is 156 Å². The maximum atomic E-state index is 13.1. The number of carbonyl (C=O) groups excluding carboxylic acids is 2. The zero-order valence-corrected chi connectivity index (χ0v) is 16.2. The van der Waals surface area contributed by atoms with Gasteiger partial charge >= 0.3 is 0 Å². The number of piperidine rings is 1. The van der Waals surface area contributed by atoms with Crippen LogP contribution in [0.25, 0.3) is 0 Å². The number of likely N-dealkylation sites (tertiary alicyclic amines) is 1. The highest BCUT2D eigenvalue weighted by Crippen LogP contribution is 2.24. The molecule has 2 aliphatic heterocycles. The van der Waals surface area contributed by atoms with E-state index in [1.807, 2.05) is 42.2 Å². The number of piperazine rings is 1. The highest BCUT2D eigenvalue weighted by molar-refractivity contribution is 5.94. The first-order valence-corrected chi connectivity index (χ1v) is 9.89. The quantitative estimate of drug-likeness (QED) is 0.835. The normalized spacial score (nSPS) is 25.8. The molecule has 1 aromatic carbocycles. The predicted octanol–water partition coefficient (Wildman–Crippen LogP) is 2.62. The molecule has 2 aliphatic rings. The van der Waals surface area contributed by atoms with Crippen molar-refractivity contribution in [2.24, 2.45) is 0 Å². The van der Waals surface area contributed by atoms with Gasteiger partial charge in [0.25, 0.3) is 5.91 Å². The van der Waals surface area contributed by atoms with Crippen LogP contribution in [0.1, 0.15) is 50.4 Å². The van der Waals surface area contributed by atoms with Crippen molar-refractivity contribution in [2.45, 2.75) is 58.2 Å². The van der Waals surface area contributed by atoms with E-state index in [4.69, 9.17) is 0 Å². The second kappa shape index (κ2) is 8.21. The van der Waals surface area contributed by atoms with Gasteiger partial charge < -0.3 is 9.80 Å². The van der Waals surface area contributed by atoms with Gasteiger partial charge in [0.2, 0.25) is 5.91 Å². The highest BCUT2D eigenvalue weighted by atomic mass is 16.2. The Morgan fingerprint density at radius 2 is 1.54 bits per heavy atom. The average molecular weight is 357 g/mol. The van der Waals surface area contributed by atoms with Gasteiger partial charge in [0.05, 0.1) is 6.04 Å². The van der Waals surface area contributed by atoms with Gasteiger partial charge in [-0.15, -0.1) is 0 Å². The monoisotopic (exact) mass is 357 g/mol. The number of rotatable bonds is 3. The van der Waals surface area contributed by atoms with E-state index >= 15 is 0 Å². The number of carbonyl (C=O) groups is 2. The number of hydrogen-bond donors (Lipinski definition) is 0. The molecule has 0 saturated carbocycles. The summed E-state index contributed by atoms with van der Waals surface area (Å²) < 4.78 is 0. The van der Waals surface area contributed by atoms with Crippen molar-refractivity contribution in [3.8, 4) is 0 Å². The Bertz CT molecular complexity index is 615. The molecule has 5 heteroatoms. The van der Waals surface area contributed by atoms with E-state index in [0.717, 1.165) is 31.5 Å². The van der Waals surface area contributed by atoms with Crippen molar-refractivity contribution >= 4 is 11.8 Å². The maximum absolute atomic E-state index is 13.1. The predicted molar refractivity (Wildman–Crippen MR) is 103 cm³/mol. The van der Waals surface area contributed by atoms with Crippen molar-refractivity contribution < 1.29 is 9.59 Å². The average Bonchev–Trinajstić information content (AvgIpc) is 2.67. The lowest BCUT2D eigenvalue weighted by atomic mass is 9.96. The van der Waals surface area contributed by atoms with Crippen molar-refractivity contribution in [1.82, 2.24) is 14.7 Å². The van der Waals surface area contributed by atoms with Crippen LogP contribution in [-0.4, -0.2) is 70.8 Å². The van der Waals surface area contributed by atoms with E-state index in [0.29, 0.717) is 25.2 Å². The van der Waals surface area contributed by atoms with Crippen molar-refractivity contribution in [1.29, 1.82) is 0 Å². The summed E-state index contributed by atoms with van der Waals surface area (Å²) in [4.78, 5) is 31.9. The van der Waals surface area contributed by atoms with Crippen LogP contribution in [0.4, 0.5) is 0 Å². The highest BCUT2D eigenvalue weighted by Gasteiger charge is 2.35. The number of nitrogens with zero attached hydrogens (tertiary/aromatic N) is 3. The number of benzene rings is 1. The van der Waals surface area contributed by atoms with Gasteiger partial charge in [0, 0.05) is 43.8 Å². The largest absolute Gasteiger partial charge is 0.336 e. The second-order valence-corrected chi connectivity index (χ2v) is 7.74. The van der Waals surface area contributed by atoms with E-state index in [1.165, 1.54) is 6.42 Å². The summed E-state index contributed by atoms with van der Waals surface area (Å²) in [7, 11) is 0. The summed E-state index contributed by atoms with van der Waals surface area (Å²) in [6.45, 7) is 9.20. The minimum absolute atomic E-state index is 0.0857. The third-order valence-electron chi connectivity index (χ3n) is 5.98. The third-order valence-corrected chi connectivity index (χ3v) is 5.98. The molecule has 0 bridgehead atoms. The van der Waals surface area contributed by atoms with Gasteiger partial charge in [-0.05, 0) is 52.2 Å². The summed E-state index contributed by atoms with van der Waals surface area (Å²) in [5.74, 6) is 0.329. The van der Waals surface area contributed by atoms with E-state index in [1.54, 1.807) is 0 Å². The molecular formula is C21H31N3O2. The number of amides is 2. The van der Waals surface area contributed by atoms with Crippen LogP contribution in [0.15, 0.2) is 30.3 Å². The zero-order chi connectivity index (χ0) is 18.7. The molecule has 0 aromatic heterocycles. The standard InChI is InChI=1S/C21H31N3O2/c1-16-8-7-9-17(2)24(16)20(25)18(3)22-12-14-23(15-13-22)21(26)19-10-5-4-6-11-19/h4-6,10-11,16-18H,7-9,12-15H2,1-3H3/t16-,17+,18-/m1/s1. The first-order valence-electron chi connectivity index (χ1n) is 9.89. The maximum Gasteiger partial charge on any atom is 0.253 e. The van der Waals surface area contributed by atoms with Crippen LogP contribution in [0.5, 0.6) is 0 Å². The Morgan fingerprint density at radius 3 is 2.12 bits per heavy atom. The van der Waals surface area contributed by atoms with Gasteiger partial charge in [0.1, 0.15) is 0 Å². The summed E-state index contributed by atoms with van der Waals surface area (Å²) in [6, 6.07) is 9.97. The smallest absolute Gasteiger partial charge is 0.253 e. The van der Waals surface area contributed by atoms with Crippen molar-refractivity contribution in [2.75, 3.05) is 26.2 Å². The Hall–Kier alpha value is -1.88. The molecule has 0 N–H and O–H groups in total. The molecule has 26 heavy (non-hydrogen) atoms. The molecule has 0 aliphatic carbocycles. The lowest BCUT2D eigenvalue weighted by Crippen LogP contribution is -2.58. The van der Waals surface area contributed by atoms with Crippen LogP contribution in [0.2, 0.25) is 0 Å². The molecule has 5 nitrogen and oxygen atoms in total. The third kappa shape index (κ3) is 3.93. The minimum atomic E-state index is -0.119. The summed E-state index contributed by atoms with van der Waals surface area (Å²) >= 11 is 0. The lowest BCUT2D eigenvalue weighted by molar-refractivity contribution is -0.143. The van der Waals surface area contributed by atoms with Crippen LogP contribution in [-0.2, 0) is 4.79 Å². The van der Waals surface area contributed by atoms with E-state index in [-0.39, 0.29) is 17.9 Å². The van der Waals surface area contributed by atoms with Gasteiger partial charge in [0.15, 0.2) is 0 Å². The molecule has 2 fully saturated rings. The van der Waals surface area contributed by atoms with E-state index < -0.39 is 0 Å². The van der Waals surface area contributed by atoms with Crippen molar-refractivity contribution in [3.05, 3.63) is 35.9 Å². The molecule has 2 heterocycles. The van der Waals surface area contributed by atoms with E-state index in [9.17, 15) is 9.59 Å². The summed E-state index contributed by atoms with van der Waals surface area (Å²) in [5.41, 5.74) is 0.737. The van der Waals surface area contributed by atoms with Gasteiger partial charge in [-0.2, -0.15) is 0 Å². The van der Waals surface area contributed by atoms with Crippen LogP contribution in [0.3, 0.4) is 0 Å². The molecule has 2 saturated heterocycles.